The highest BCUT2D eigenvalue weighted by Crippen LogP contribution is 2.32. The van der Waals surface area contributed by atoms with Crippen molar-refractivity contribution in [2.24, 2.45) is 0 Å². The molecule has 0 radical (unpaired) electrons. The monoisotopic (exact) mass is 320 g/mol. The summed E-state index contributed by atoms with van der Waals surface area (Å²) >= 11 is 12.1. The molecule has 0 N–H and O–H groups in total. The normalized spacial score (nSPS) is 11.0. The Morgan fingerprint density at radius 3 is 2.67 bits per heavy atom. The fraction of sp³-hybridized carbons (Fsp3) is 0.188. The first kappa shape index (κ1) is 14.2. The van der Waals surface area contributed by atoms with Crippen LogP contribution in [0.1, 0.15) is 11.4 Å². The molecule has 0 fully saturated rings. The molecule has 0 unspecified atom stereocenters. The first-order valence-electron chi connectivity index (χ1n) is 6.52. The zero-order valence-corrected chi connectivity index (χ0v) is 13.2. The summed E-state index contributed by atoms with van der Waals surface area (Å²) in [5.41, 5.74) is 3.16. The van der Waals surface area contributed by atoms with Gasteiger partial charge in [-0.3, -0.25) is 4.98 Å². The van der Waals surface area contributed by atoms with E-state index < -0.39 is 0 Å². The molecule has 21 heavy (non-hydrogen) atoms. The zero-order valence-electron chi connectivity index (χ0n) is 11.7. The molecular formula is C16H14Cl2N2O. The molecule has 0 saturated heterocycles. The fourth-order valence-corrected chi connectivity index (χ4v) is 2.78. The van der Waals surface area contributed by atoms with Crippen molar-refractivity contribution in [2.45, 2.75) is 13.5 Å². The van der Waals surface area contributed by atoms with Crippen molar-refractivity contribution in [1.82, 2.24) is 9.55 Å². The third-order valence-corrected chi connectivity index (χ3v) is 4.01. The van der Waals surface area contributed by atoms with E-state index in [1.165, 1.54) is 0 Å². The number of aromatic nitrogens is 2. The first-order chi connectivity index (χ1) is 10.1. The van der Waals surface area contributed by atoms with Crippen molar-refractivity contribution in [2.75, 3.05) is 7.11 Å². The topological polar surface area (TPSA) is 27.1 Å². The third kappa shape index (κ3) is 2.71. The van der Waals surface area contributed by atoms with Crippen LogP contribution in [0.4, 0.5) is 0 Å². The van der Waals surface area contributed by atoms with Gasteiger partial charge < -0.3 is 9.30 Å². The van der Waals surface area contributed by atoms with E-state index >= 15 is 0 Å². The Kier molecular flexibility index (Phi) is 3.79. The van der Waals surface area contributed by atoms with Crippen LogP contribution in [-0.4, -0.2) is 16.7 Å². The second-order valence-electron chi connectivity index (χ2n) is 4.89. The average Bonchev–Trinajstić information content (AvgIpc) is 2.76. The summed E-state index contributed by atoms with van der Waals surface area (Å²) in [5.74, 6) is 0.686. The summed E-state index contributed by atoms with van der Waals surface area (Å²) in [6.45, 7) is 2.74. The molecule has 1 aromatic carbocycles. The number of hydrogen-bond donors (Lipinski definition) is 0. The lowest BCUT2D eigenvalue weighted by atomic mass is 10.2. The number of hydrogen-bond acceptors (Lipinski definition) is 2. The smallest absolute Gasteiger partial charge is 0.138 e. The van der Waals surface area contributed by atoms with Crippen LogP contribution in [-0.2, 0) is 6.54 Å². The molecular weight excluding hydrogens is 307 g/mol. The van der Waals surface area contributed by atoms with Gasteiger partial charge in [0.25, 0.3) is 0 Å². The maximum absolute atomic E-state index is 6.24. The summed E-state index contributed by atoms with van der Waals surface area (Å²) in [6.07, 6.45) is 1.66. The SMILES string of the molecule is COc1cc2cc(C)n(Cc3ccc(Cl)cn3)c2cc1Cl. The standard InChI is InChI=1S/C16H14Cl2N2O/c1-10-5-11-6-16(21-2)14(18)7-15(11)20(10)9-13-4-3-12(17)8-19-13/h3-8H,9H2,1-2H3. The van der Waals surface area contributed by atoms with Crippen LogP contribution < -0.4 is 4.74 Å². The number of benzene rings is 1. The molecule has 0 aliphatic heterocycles. The molecule has 3 aromatic rings. The highest BCUT2D eigenvalue weighted by molar-refractivity contribution is 6.32. The van der Waals surface area contributed by atoms with Gasteiger partial charge in [0.1, 0.15) is 5.75 Å². The molecule has 108 valence electrons. The largest absolute Gasteiger partial charge is 0.495 e. The van der Waals surface area contributed by atoms with Gasteiger partial charge in [0, 0.05) is 17.3 Å². The van der Waals surface area contributed by atoms with Crippen LogP contribution in [0.25, 0.3) is 10.9 Å². The van der Waals surface area contributed by atoms with Crippen molar-refractivity contribution < 1.29 is 4.74 Å². The van der Waals surface area contributed by atoms with E-state index in [0.717, 1.165) is 22.3 Å². The molecule has 0 amide bonds. The highest BCUT2D eigenvalue weighted by Gasteiger charge is 2.11. The van der Waals surface area contributed by atoms with E-state index in [4.69, 9.17) is 27.9 Å². The van der Waals surface area contributed by atoms with E-state index in [-0.39, 0.29) is 0 Å². The minimum atomic E-state index is 0.605. The van der Waals surface area contributed by atoms with Gasteiger partial charge in [0.05, 0.1) is 34.9 Å². The summed E-state index contributed by atoms with van der Waals surface area (Å²) in [7, 11) is 1.62. The molecule has 2 aromatic heterocycles. The zero-order chi connectivity index (χ0) is 15.0. The number of ether oxygens (including phenoxy) is 1. The molecule has 0 atom stereocenters. The maximum atomic E-state index is 6.24. The van der Waals surface area contributed by atoms with Crippen LogP contribution in [0.15, 0.2) is 36.5 Å². The lowest BCUT2D eigenvalue weighted by Gasteiger charge is -2.09. The fourth-order valence-electron chi connectivity index (χ4n) is 2.43. The minimum absolute atomic E-state index is 0.605. The van der Waals surface area contributed by atoms with Crippen LogP contribution in [0.5, 0.6) is 5.75 Å². The maximum Gasteiger partial charge on any atom is 0.138 e. The molecule has 5 heteroatoms. The lowest BCUT2D eigenvalue weighted by molar-refractivity contribution is 0.415. The Hall–Kier alpha value is -1.71. The van der Waals surface area contributed by atoms with Gasteiger partial charge in [-0.1, -0.05) is 23.2 Å². The van der Waals surface area contributed by atoms with Gasteiger partial charge in [-0.25, -0.2) is 0 Å². The van der Waals surface area contributed by atoms with Crippen LogP contribution >= 0.6 is 23.2 Å². The predicted octanol–water partition coefficient (Wildman–Crippen LogP) is 4.71. The molecule has 0 saturated carbocycles. The average molecular weight is 321 g/mol. The molecule has 0 aliphatic rings. The second kappa shape index (κ2) is 5.58. The molecule has 0 aliphatic carbocycles. The number of fused-ring (bicyclic) bond motifs is 1. The third-order valence-electron chi connectivity index (χ3n) is 3.49. The van der Waals surface area contributed by atoms with Crippen LogP contribution in [0.3, 0.4) is 0 Å². The Morgan fingerprint density at radius 2 is 2.00 bits per heavy atom. The van der Waals surface area contributed by atoms with Crippen molar-refractivity contribution >= 4 is 34.1 Å². The van der Waals surface area contributed by atoms with Gasteiger partial charge >= 0.3 is 0 Å². The van der Waals surface area contributed by atoms with Gasteiger partial charge in [-0.05, 0) is 37.3 Å². The highest BCUT2D eigenvalue weighted by atomic mass is 35.5. The van der Waals surface area contributed by atoms with E-state index in [9.17, 15) is 0 Å². The van der Waals surface area contributed by atoms with E-state index in [1.54, 1.807) is 13.3 Å². The van der Waals surface area contributed by atoms with Gasteiger partial charge in [0.15, 0.2) is 0 Å². The van der Waals surface area contributed by atoms with Crippen LogP contribution in [0.2, 0.25) is 10.0 Å². The van der Waals surface area contributed by atoms with Gasteiger partial charge in [-0.15, -0.1) is 0 Å². The molecule has 3 rings (SSSR count). The molecule has 2 heterocycles. The summed E-state index contributed by atoms with van der Waals surface area (Å²) < 4.78 is 7.44. The Balaban J connectivity index is 2.07. The van der Waals surface area contributed by atoms with E-state index in [0.29, 0.717) is 22.3 Å². The Labute approximate surface area is 133 Å². The van der Waals surface area contributed by atoms with Crippen LogP contribution in [0, 0.1) is 6.92 Å². The van der Waals surface area contributed by atoms with Gasteiger partial charge in [0.2, 0.25) is 0 Å². The first-order valence-corrected chi connectivity index (χ1v) is 7.28. The van der Waals surface area contributed by atoms with Crippen molar-refractivity contribution in [3.63, 3.8) is 0 Å². The number of pyridine rings is 1. The van der Waals surface area contributed by atoms with E-state index in [2.05, 4.69) is 22.5 Å². The van der Waals surface area contributed by atoms with Crippen molar-refractivity contribution in [1.29, 1.82) is 0 Å². The Morgan fingerprint density at radius 1 is 1.19 bits per heavy atom. The second-order valence-corrected chi connectivity index (χ2v) is 5.73. The molecule has 0 bridgehead atoms. The predicted molar refractivity (Wildman–Crippen MR) is 86.6 cm³/mol. The van der Waals surface area contributed by atoms with Gasteiger partial charge in [-0.2, -0.15) is 0 Å². The molecule has 0 spiro atoms. The number of nitrogens with zero attached hydrogens (tertiary/aromatic N) is 2. The summed E-state index contributed by atoms with van der Waals surface area (Å²) in [5, 5.41) is 2.34. The number of aryl methyl sites for hydroxylation is 1. The quantitative estimate of drug-likeness (QED) is 0.698. The van der Waals surface area contributed by atoms with E-state index in [1.807, 2.05) is 24.3 Å². The Bertz CT molecular complexity index is 794. The number of rotatable bonds is 3. The summed E-state index contributed by atoms with van der Waals surface area (Å²) in [6, 6.07) is 9.78. The van der Waals surface area contributed by atoms with Crippen molar-refractivity contribution in [3.8, 4) is 5.75 Å². The molecule has 3 nitrogen and oxygen atoms in total. The van der Waals surface area contributed by atoms with Crippen molar-refractivity contribution in [3.05, 3.63) is 58.0 Å². The number of methoxy groups -OCH3 is 1. The number of halogens is 2. The summed E-state index contributed by atoms with van der Waals surface area (Å²) in [4.78, 5) is 4.35. The lowest BCUT2D eigenvalue weighted by Crippen LogP contribution is -2.03. The minimum Gasteiger partial charge on any atom is -0.495 e.